The quantitative estimate of drug-likeness (QED) is 0.555. The van der Waals surface area contributed by atoms with Crippen LogP contribution in [0.5, 0.6) is 0 Å². The second-order valence-electron chi connectivity index (χ2n) is 7.51. The van der Waals surface area contributed by atoms with Crippen molar-refractivity contribution in [2.45, 2.75) is 24.8 Å². The number of hydrogen-bond acceptors (Lipinski definition) is 4. The van der Waals surface area contributed by atoms with E-state index in [0.29, 0.717) is 23.7 Å². The molecule has 8 heteroatoms. The maximum atomic E-state index is 13.7. The molecule has 0 saturated carbocycles. The summed E-state index contributed by atoms with van der Waals surface area (Å²) in [5.74, 6) is -0.0459. The Balaban J connectivity index is 1.80. The van der Waals surface area contributed by atoms with E-state index in [0.717, 1.165) is 16.8 Å². The molecule has 0 N–H and O–H groups in total. The standard InChI is InChI=1S/C24H20ClN3O3S/c1-17(29)27-12-11-20-14-22(9-10-24(20)27)28(16-18-5-7-21(25)8-6-18)32(30,31)23-4-2-3-19(13-23)15-26/h2-10,13-14H,11-12,16H2,1H3. The van der Waals surface area contributed by atoms with Crippen LogP contribution in [0.2, 0.25) is 5.02 Å². The van der Waals surface area contributed by atoms with Gasteiger partial charge in [-0.1, -0.05) is 29.8 Å². The van der Waals surface area contributed by atoms with Gasteiger partial charge in [0.25, 0.3) is 10.0 Å². The van der Waals surface area contributed by atoms with Crippen LogP contribution in [0.25, 0.3) is 0 Å². The van der Waals surface area contributed by atoms with Crippen LogP contribution in [0.4, 0.5) is 11.4 Å². The summed E-state index contributed by atoms with van der Waals surface area (Å²) in [5.41, 5.74) is 3.24. The lowest BCUT2D eigenvalue weighted by Gasteiger charge is -2.26. The Morgan fingerprint density at radius 1 is 1.12 bits per heavy atom. The molecule has 0 unspecified atom stereocenters. The number of rotatable bonds is 5. The van der Waals surface area contributed by atoms with Crippen LogP contribution in [0.1, 0.15) is 23.6 Å². The Bertz CT molecular complexity index is 1330. The average Bonchev–Trinajstić information content (AvgIpc) is 3.22. The third-order valence-corrected chi connectivity index (χ3v) is 7.44. The number of anilines is 2. The Labute approximate surface area is 192 Å². The molecular weight excluding hydrogens is 446 g/mol. The van der Waals surface area contributed by atoms with E-state index in [1.54, 1.807) is 53.4 Å². The lowest BCUT2D eigenvalue weighted by atomic mass is 10.1. The number of carbonyl (C=O) groups is 1. The number of carbonyl (C=O) groups excluding carboxylic acids is 1. The Morgan fingerprint density at radius 3 is 2.56 bits per heavy atom. The molecule has 0 saturated heterocycles. The number of nitrogens with zero attached hydrogens (tertiary/aromatic N) is 3. The fourth-order valence-corrected chi connectivity index (χ4v) is 5.41. The minimum absolute atomic E-state index is 0.0383. The highest BCUT2D eigenvalue weighted by molar-refractivity contribution is 7.92. The van der Waals surface area contributed by atoms with Gasteiger partial charge in [0, 0.05) is 24.2 Å². The van der Waals surface area contributed by atoms with Gasteiger partial charge in [-0.25, -0.2) is 8.42 Å². The fourth-order valence-electron chi connectivity index (χ4n) is 3.79. The summed E-state index contributed by atoms with van der Waals surface area (Å²) in [6.45, 7) is 2.18. The van der Waals surface area contributed by atoms with Crippen LogP contribution in [0.3, 0.4) is 0 Å². The van der Waals surface area contributed by atoms with Crippen LogP contribution < -0.4 is 9.21 Å². The van der Waals surface area contributed by atoms with Gasteiger partial charge in [0.2, 0.25) is 5.91 Å². The molecule has 32 heavy (non-hydrogen) atoms. The molecule has 0 bridgehead atoms. The van der Waals surface area contributed by atoms with Gasteiger partial charge in [0.05, 0.1) is 28.8 Å². The van der Waals surface area contributed by atoms with Crippen molar-refractivity contribution in [3.8, 4) is 6.07 Å². The van der Waals surface area contributed by atoms with E-state index < -0.39 is 10.0 Å². The molecule has 1 amide bonds. The number of benzene rings is 3. The van der Waals surface area contributed by atoms with E-state index >= 15 is 0 Å². The zero-order chi connectivity index (χ0) is 22.9. The smallest absolute Gasteiger partial charge is 0.264 e. The molecule has 6 nitrogen and oxygen atoms in total. The summed E-state index contributed by atoms with van der Waals surface area (Å²) in [6, 6.07) is 20.3. The van der Waals surface area contributed by atoms with Crippen LogP contribution >= 0.6 is 11.6 Å². The minimum atomic E-state index is -3.97. The predicted octanol–water partition coefficient (Wildman–Crippen LogP) is 4.52. The first kappa shape index (κ1) is 21.9. The zero-order valence-corrected chi connectivity index (χ0v) is 18.9. The third-order valence-electron chi connectivity index (χ3n) is 5.42. The van der Waals surface area contributed by atoms with Crippen LogP contribution in [0, 0.1) is 11.3 Å². The second kappa shape index (κ2) is 8.65. The molecule has 4 rings (SSSR count). The second-order valence-corrected chi connectivity index (χ2v) is 9.81. The van der Waals surface area contributed by atoms with Gasteiger partial charge >= 0.3 is 0 Å². The lowest BCUT2D eigenvalue weighted by Crippen LogP contribution is -2.30. The summed E-state index contributed by atoms with van der Waals surface area (Å²) < 4.78 is 28.7. The number of fused-ring (bicyclic) bond motifs is 1. The van der Waals surface area contributed by atoms with Gasteiger partial charge in [-0.2, -0.15) is 5.26 Å². The zero-order valence-electron chi connectivity index (χ0n) is 17.3. The molecule has 0 aromatic heterocycles. The van der Waals surface area contributed by atoms with Crippen LogP contribution in [-0.2, 0) is 27.8 Å². The summed E-state index contributed by atoms with van der Waals surface area (Å²) in [5, 5.41) is 9.78. The van der Waals surface area contributed by atoms with Gasteiger partial charge < -0.3 is 4.90 Å². The Hall–Kier alpha value is -3.34. The molecule has 0 radical (unpaired) electrons. The van der Waals surface area contributed by atoms with Crippen LogP contribution in [-0.4, -0.2) is 20.9 Å². The summed E-state index contributed by atoms with van der Waals surface area (Å²) in [4.78, 5) is 13.6. The summed E-state index contributed by atoms with van der Waals surface area (Å²) in [7, 11) is -3.97. The normalized spacial score (nSPS) is 12.8. The highest BCUT2D eigenvalue weighted by Gasteiger charge is 2.28. The molecule has 1 heterocycles. The van der Waals surface area contributed by atoms with Gasteiger partial charge in [-0.15, -0.1) is 0 Å². The number of amides is 1. The molecule has 3 aromatic carbocycles. The van der Waals surface area contributed by atoms with E-state index in [-0.39, 0.29) is 22.9 Å². The van der Waals surface area contributed by atoms with Crippen molar-refractivity contribution >= 4 is 38.9 Å². The average molecular weight is 466 g/mol. The van der Waals surface area contributed by atoms with Crippen molar-refractivity contribution in [3.05, 3.63) is 88.4 Å². The maximum absolute atomic E-state index is 13.7. The summed E-state index contributed by atoms with van der Waals surface area (Å²) >= 11 is 5.99. The third kappa shape index (κ3) is 4.20. The van der Waals surface area contributed by atoms with Crippen molar-refractivity contribution in [2.24, 2.45) is 0 Å². The molecule has 0 atom stereocenters. The molecule has 1 aliphatic heterocycles. The minimum Gasteiger partial charge on any atom is -0.312 e. The van der Waals surface area contributed by atoms with Gasteiger partial charge in [0.1, 0.15) is 0 Å². The van der Waals surface area contributed by atoms with Crippen molar-refractivity contribution in [3.63, 3.8) is 0 Å². The molecule has 1 aliphatic rings. The lowest BCUT2D eigenvalue weighted by molar-refractivity contribution is -0.116. The molecule has 162 valence electrons. The van der Waals surface area contributed by atoms with Gasteiger partial charge in [-0.05, 0) is 66.1 Å². The molecule has 0 fully saturated rings. The van der Waals surface area contributed by atoms with E-state index in [4.69, 9.17) is 11.6 Å². The number of halogens is 1. The first-order chi connectivity index (χ1) is 15.3. The molecular formula is C24H20ClN3O3S. The Kier molecular flexibility index (Phi) is 5.92. The van der Waals surface area contributed by atoms with Gasteiger partial charge in [0.15, 0.2) is 0 Å². The fraction of sp³-hybridized carbons (Fsp3) is 0.167. The monoisotopic (exact) mass is 465 g/mol. The number of hydrogen-bond donors (Lipinski definition) is 0. The number of nitriles is 1. The van der Waals surface area contributed by atoms with E-state index in [9.17, 15) is 18.5 Å². The predicted molar refractivity (Wildman–Crippen MR) is 124 cm³/mol. The molecule has 0 spiro atoms. The van der Waals surface area contributed by atoms with E-state index in [1.165, 1.54) is 23.4 Å². The van der Waals surface area contributed by atoms with E-state index in [1.807, 2.05) is 12.1 Å². The topological polar surface area (TPSA) is 81.5 Å². The van der Waals surface area contributed by atoms with E-state index in [2.05, 4.69) is 0 Å². The highest BCUT2D eigenvalue weighted by atomic mass is 35.5. The largest absolute Gasteiger partial charge is 0.312 e. The number of sulfonamides is 1. The highest BCUT2D eigenvalue weighted by Crippen LogP contribution is 2.34. The summed E-state index contributed by atoms with van der Waals surface area (Å²) in [6.07, 6.45) is 0.654. The molecule has 3 aromatic rings. The van der Waals surface area contributed by atoms with Crippen molar-refractivity contribution < 1.29 is 13.2 Å². The van der Waals surface area contributed by atoms with Crippen molar-refractivity contribution in [1.29, 1.82) is 5.26 Å². The van der Waals surface area contributed by atoms with Gasteiger partial charge in [-0.3, -0.25) is 9.10 Å². The first-order valence-electron chi connectivity index (χ1n) is 9.98. The van der Waals surface area contributed by atoms with Crippen molar-refractivity contribution in [1.82, 2.24) is 0 Å². The maximum Gasteiger partial charge on any atom is 0.264 e. The van der Waals surface area contributed by atoms with Crippen LogP contribution in [0.15, 0.2) is 71.6 Å². The SMILES string of the molecule is CC(=O)N1CCc2cc(N(Cc3ccc(Cl)cc3)S(=O)(=O)c3cccc(C#N)c3)ccc21. The van der Waals surface area contributed by atoms with Crippen molar-refractivity contribution in [2.75, 3.05) is 15.7 Å². The first-order valence-corrected chi connectivity index (χ1v) is 11.8. The molecule has 0 aliphatic carbocycles. The Morgan fingerprint density at radius 2 is 1.88 bits per heavy atom.